The maximum Gasteiger partial charge on any atom is 0.201 e. The Kier molecular flexibility index (Phi) is 6.23. The number of unbranched alkanes of at least 4 members (excludes halogenated alkanes) is 1. The van der Waals surface area contributed by atoms with E-state index in [2.05, 4.69) is 57.7 Å². The van der Waals surface area contributed by atoms with Gasteiger partial charge in [0.15, 0.2) is 5.82 Å². The minimum absolute atomic E-state index is 0.400. The van der Waals surface area contributed by atoms with E-state index in [-0.39, 0.29) is 0 Å². The fourth-order valence-corrected chi connectivity index (χ4v) is 3.35. The zero-order valence-electron chi connectivity index (χ0n) is 16.5. The highest BCUT2D eigenvalue weighted by atomic mass is 35.5. The number of tetrazole rings is 2. The van der Waals surface area contributed by atoms with Crippen LogP contribution in [0.15, 0.2) is 30.5 Å². The fraction of sp³-hybridized carbons (Fsp3) is 0.316. The summed E-state index contributed by atoms with van der Waals surface area (Å²) < 4.78 is 2.17. The van der Waals surface area contributed by atoms with Crippen molar-refractivity contribution in [3.63, 3.8) is 0 Å². The highest BCUT2D eigenvalue weighted by Crippen LogP contribution is 2.23. The van der Waals surface area contributed by atoms with Crippen molar-refractivity contribution in [1.29, 1.82) is 0 Å². The van der Waals surface area contributed by atoms with Crippen LogP contribution in [0.2, 0.25) is 5.02 Å². The van der Waals surface area contributed by atoms with E-state index in [4.69, 9.17) is 11.6 Å². The first-order valence-electron chi connectivity index (χ1n) is 9.69. The topological polar surface area (TPSA) is 127 Å². The Morgan fingerprint density at radius 3 is 2.70 bits per heavy atom. The third-order valence-electron chi connectivity index (χ3n) is 4.70. The summed E-state index contributed by atoms with van der Waals surface area (Å²) in [7, 11) is 0. The number of aromatic nitrogens is 10. The number of allylic oxidation sites excluding steroid dienone is 1. The first-order chi connectivity index (χ1) is 14.7. The second kappa shape index (κ2) is 9.40. The van der Waals surface area contributed by atoms with Gasteiger partial charge in [-0.15, -0.1) is 20.4 Å². The molecule has 30 heavy (non-hydrogen) atoms. The van der Waals surface area contributed by atoms with E-state index in [0.717, 1.165) is 46.9 Å². The maximum atomic E-state index is 6.42. The van der Waals surface area contributed by atoms with Gasteiger partial charge < -0.3 is 4.57 Å². The van der Waals surface area contributed by atoms with Gasteiger partial charge in [0.2, 0.25) is 5.82 Å². The Bertz CT molecular complexity index is 1100. The van der Waals surface area contributed by atoms with Crippen LogP contribution < -0.4 is 0 Å². The van der Waals surface area contributed by atoms with Gasteiger partial charge in [0.1, 0.15) is 5.82 Å². The lowest BCUT2D eigenvalue weighted by atomic mass is 10.1. The summed E-state index contributed by atoms with van der Waals surface area (Å²) in [6.07, 6.45) is 7.28. The van der Waals surface area contributed by atoms with Gasteiger partial charge in [0.05, 0.1) is 18.4 Å². The number of aromatic amines is 2. The van der Waals surface area contributed by atoms with Crippen molar-refractivity contribution in [3.05, 3.63) is 64.2 Å². The zero-order chi connectivity index (χ0) is 20.8. The molecule has 10 nitrogen and oxygen atoms in total. The molecule has 0 aliphatic rings. The Morgan fingerprint density at radius 2 is 1.97 bits per heavy atom. The van der Waals surface area contributed by atoms with E-state index in [1.54, 1.807) is 0 Å². The van der Waals surface area contributed by atoms with Gasteiger partial charge in [-0.3, -0.25) is 0 Å². The number of rotatable bonds is 9. The van der Waals surface area contributed by atoms with Crippen LogP contribution in [-0.4, -0.2) is 50.8 Å². The van der Waals surface area contributed by atoms with Crippen molar-refractivity contribution in [2.75, 3.05) is 0 Å². The van der Waals surface area contributed by atoms with Crippen molar-refractivity contribution in [1.82, 2.24) is 50.8 Å². The van der Waals surface area contributed by atoms with Gasteiger partial charge in [-0.25, -0.2) is 4.98 Å². The smallest absolute Gasteiger partial charge is 0.201 e. The second-order valence-electron chi connectivity index (χ2n) is 6.79. The molecule has 1 aromatic carbocycles. The van der Waals surface area contributed by atoms with Crippen molar-refractivity contribution < 1.29 is 0 Å². The predicted octanol–water partition coefficient (Wildman–Crippen LogP) is 2.74. The Hall–Kier alpha value is -3.40. The van der Waals surface area contributed by atoms with Crippen LogP contribution in [0.4, 0.5) is 0 Å². The van der Waals surface area contributed by atoms with Crippen molar-refractivity contribution in [3.8, 4) is 0 Å². The van der Waals surface area contributed by atoms with Gasteiger partial charge in [0, 0.05) is 23.4 Å². The summed E-state index contributed by atoms with van der Waals surface area (Å²) in [5, 5.41) is 29.3. The van der Waals surface area contributed by atoms with E-state index >= 15 is 0 Å². The molecule has 0 spiro atoms. The molecular weight excluding hydrogens is 404 g/mol. The molecule has 0 aliphatic carbocycles. The minimum atomic E-state index is 0.400. The minimum Gasteiger partial charge on any atom is -0.324 e. The van der Waals surface area contributed by atoms with Crippen LogP contribution in [0.25, 0.3) is 11.6 Å². The third-order valence-corrected chi connectivity index (χ3v) is 5.07. The molecule has 3 aromatic heterocycles. The van der Waals surface area contributed by atoms with Crippen molar-refractivity contribution in [2.45, 2.75) is 39.2 Å². The Labute approximate surface area is 177 Å². The number of hydrogen-bond acceptors (Lipinski definition) is 7. The summed E-state index contributed by atoms with van der Waals surface area (Å²) in [6, 6.07) is 7.84. The molecule has 2 N–H and O–H groups in total. The number of halogens is 1. The number of aryl methyl sites for hydroxylation is 1. The monoisotopic (exact) mass is 424 g/mol. The van der Waals surface area contributed by atoms with Crippen LogP contribution in [0.1, 0.15) is 48.5 Å². The van der Waals surface area contributed by atoms with E-state index in [1.165, 1.54) is 0 Å². The largest absolute Gasteiger partial charge is 0.324 e. The van der Waals surface area contributed by atoms with E-state index < -0.39 is 0 Å². The molecule has 0 atom stereocenters. The number of H-pyrrole nitrogens is 2. The molecule has 0 saturated heterocycles. The van der Waals surface area contributed by atoms with Crippen LogP contribution >= 0.6 is 11.6 Å². The molecule has 0 aliphatic heterocycles. The van der Waals surface area contributed by atoms with Crippen LogP contribution in [0.5, 0.6) is 0 Å². The van der Waals surface area contributed by atoms with Gasteiger partial charge in [-0.2, -0.15) is 10.4 Å². The SMILES string of the molecule is CCCCc1ncc(C=C(Cc2nn[nH]n2)c2nn[nH]n2)n1Cc1ccccc1Cl. The first-order valence-corrected chi connectivity index (χ1v) is 10.1. The maximum absolute atomic E-state index is 6.42. The molecule has 0 saturated carbocycles. The molecule has 0 bridgehead atoms. The molecule has 0 fully saturated rings. The predicted molar refractivity (Wildman–Crippen MR) is 111 cm³/mol. The molecule has 11 heteroatoms. The zero-order valence-corrected chi connectivity index (χ0v) is 17.2. The van der Waals surface area contributed by atoms with Gasteiger partial charge in [0.25, 0.3) is 0 Å². The van der Waals surface area contributed by atoms with E-state index in [9.17, 15) is 0 Å². The average Bonchev–Trinajstić information content (AvgIpc) is 3.51. The molecule has 4 aromatic rings. The number of nitrogens with one attached hydrogen (secondary N) is 2. The summed E-state index contributed by atoms with van der Waals surface area (Å²) in [4.78, 5) is 4.67. The lowest BCUT2D eigenvalue weighted by Gasteiger charge is -2.12. The first kappa shape index (κ1) is 19.9. The quantitative estimate of drug-likeness (QED) is 0.422. The molecule has 0 amide bonds. The molecule has 4 rings (SSSR count). The normalized spacial score (nSPS) is 11.9. The summed E-state index contributed by atoms with van der Waals surface area (Å²) in [5.74, 6) is 2.02. The molecule has 154 valence electrons. The molecule has 0 unspecified atom stereocenters. The van der Waals surface area contributed by atoms with Crippen molar-refractivity contribution in [2.24, 2.45) is 0 Å². The summed E-state index contributed by atoms with van der Waals surface area (Å²) >= 11 is 6.42. The highest BCUT2D eigenvalue weighted by molar-refractivity contribution is 6.31. The van der Waals surface area contributed by atoms with Gasteiger partial charge >= 0.3 is 0 Å². The fourth-order valence-electron chi connectivity index (χ4n) is 3.16. The number of imidazole rings is 1. The lowest BCUT2D eigenvalue weighted by Crippen LogP contribution is -2.08. The lowest BCUT2D eigenvalue weighted by molar-refractivity contribution is 0.675. The van der Waals surface area contributed by atoms with Crippen LogP contribution in [-0.2, 0) is 19.4 Å². The Balaban J connectivity index is 1.74. The van der Waals surface area contributed by atoms with E-state index in [0.29, 0.717) is 24.6 Å². The summed E-state index contributed by atoms with van der Waals surface area (Å²) in [6.45, 7) is 2.79. The molecule has 3 heterocycles. The van der Waals surface area contributed by atoms with Crippen LogP contribution in [0.3, 0.4) is 0 Å². The summed E-state index contributed by atoms with van der Waals surface area (Å²) in [5.41, 5.74) is 2.75. The van der Waals surface area contributed by atoms with Crippen molar-refractivity contribution >= 4 is 23.3 Å². The number of nitrogens with zero attached hydrogens (tertiary/aromatic N) is 8. The number of hydrogen-bond donors (Lipinski definition) is 2. The van der Waals surface area contributed by atoms with Gasteiger partial charge in [-0.05, 0) is 29.3 Å². The Morgan fingerprint density at radius 1 is 1.13 bits per heavy atom. The average molecular weight is 425 g/mol. The molecular formula is C19H21ClN10. The van der Waals surface area contributed by atoms with Gasteiger partial charge in [-0.1, -0.05) is 48.4 Å². The van der Waals surface area contributed by atoms with Crippen LogP contribution in [0, 0.1) is 0 Å². The second-order valence-corrected chi connectivity index (χ2v) is 7.20. The molecule has 0 radical (unpaired) electrons. The standard InChI is InChI=1S/C19H21ClN10/c1-2-3-8-18-21-11-15(30(18)12-13-6-4-5-7-16(13)20)9-14(19-24-28-29-25-19)10-17-22-26-27-23-17/h4-7,9,11H,2-3,8,10,12H2,1H3,(H,22,23,26,27)(H,24,25,28,29). The van der Waals surface area contributed by atoms with E-state index in [1.807, 2.05) is 36.5 Å². The number of benzene rings is 1. The third kappa shape index (κ3) is 4.60. The highest BCUT2D eigenvalue weighted by Gasteiger charge is 2.15.